The first-order chi connectivity index (χ1) is 4.57. The first-order valence-electron chi connectivity index (χ1n) is 3.08. The van der Waals surface area contributed by atoms with E-state index in [2.05, 4.69) is 6.58 Å². The van der Waals surface area contributed by atoms with Crippen LogP contribution in [-0.4, -0.2) is 26.2 Å². The van der Waals surface area contributed by atoms with Crippen molar-refractivity contribution in [2.24, 2.45) is 0 Å². The van der Waals surface area contributed by atoms with Crippen LogP contribution in [0.1, 0.15) is 13.3 Å². The molecule has 4 heteroatoms. The molecular weight excluding hydrogens is 150 g/mol. The fraction of sp³-hybridized carbons (Fsp3) is 0.667. The Labute approximate surface area is 63.3 Å². The number of hydrogen-bond donors (Lipinski definition) is 1. The highest BCUT2D eigenvalue weighted by atomic mass is 32.2. The first-order valence-corrected chi connectivity index (χ1v) is 4.45. The Balaban J connectivity index is 3.84. The molecule has 0 bridgehead atoms. The highest BCUT2D eigenvalue weighted by molar-refractivity contribution is 7.72. The van der Waals surface area contributed by atoms with E-state index in [1.807, 2.05) is 6.92 Å². The van der Waals surface area contributed by atoms with Crippen LogP contribution in [0.2, 0.25) is 0 Å². The van der Waals surface area contributed by atoms with Crippen molar-refractivity contribution in [3.8, 4) is 0 Å². The molecule has 0 aromatic heterocycles. The van der Waals surface area contributed by atoms with Crippen molar-refractivity contribution in [1.82, 2.24) is 4.90 Å². The largest absolute Gasteiger partial charge is 0.365 e. The molecule has 0 spiro atoms. The van der Waals surface area contributed by atoms with E-state index >= 15 is 0 Å². The molecule has 10 heavy (non-hydrogen) atoms. The van der Waals surface area contributed by atoms with Crippen molar-refractivity contribution < 1.29 is 8.42 Å². The molecule has 0 fully saturated rings. The predicted octanol–water partition coefficient (Wildman–Crippen LogP) is 0.411. The second kappa shape index (κ2) is 4.33. The summed E-state index contributed by atoms with van der Waals surface area (Å²) in [5.74, 6) is 0.0714. The zero-order valence-electron chi connectivity index (χ0n) is 6.33. The lowest BCUT2D eigenvalue weighted by Crippen LogP contribution is -2.18. The van der Waals surface area contributed by atoms with Gasteiger partial charge in [0.1, 0.15) is 5.88 Å². The van der Waals surface area contributed by atoms with Gasteiger partial charge < -0.3 is 4.90 Å². The first kappa shape index (κ1) is 9.49. The van der Waals surface area contributed by atoms with Crippen LogP contribution in [0, 0.1) is 0 Å². The number of nitrogens with zero attached hydrogens (tertiary/aromatic N) is 1. The lowest BCUT2D eigenvalue weighted by molar-refractivity contribution is 0.463. The van der Waals surface area contributed by atoms with Crippen LogP contribution < -0.4 is 0 Å². The molecule has 3 nitrogen and oxygen atoms in total. The van der Waals surface area contributed by atoms with Gasteiger partial charge in [-0.05, 0) is 6.42 Å². The predicted molar refractivity (Wildman–Crippen MR) is 42.4 cm³/mol. The SMILES string of the molecule is C=C(CC)N(C)C[SH](=O)=O. The summed E-state index contributed by atoms with van der Waals surface area (Å²) in [7, 11) is -0.594. The van der Waals surface area contributed by atoms with Gasteiger partial charge in [-0.2, -0.15) is 0 Å². The molecule has 0 aromatic rings. The molecule has 0 atom stereocenters. The van der Waals surface area contributed by atoms with Crippen molar-refractivity contribution in [1.29, 1.82) is 0 Å². The Morgan fingerprint density at radius 2 is 2.10 bits per heavy atom. The van der Waals surface area contributed by atoms with E-state index < -0.39 is 10.7 Å². The van der Waals surface area contributed by atoms with Crippen molar-refractivity contribution >= 4 is 10.7 Å². The maximum absolute atomic E-state index is 10.2. The highest BCUT2D eigenvalue weighted by Crippen LogP contribution is 2.00. The Kier molecular flexibility index (Phi) is 4.11. The van der Waals surface area contributed by atoms with Crippen molar-refractivity contribution in [3.63, 3.8) is 0 Å². The molecule has 0 aliphatic rings. The zero-order valence-corrected chi connectivity index (χ0v) is 7.23. The lowest BCUT2D eigenvalue weighted by atomic mass is 10.4. The quantitative estimate of drug-likeness (QED) is 0.610. The molecule has 0 heterocycles. The monoisotopic (exact) mass is 163 g/mol. The van der Waals surface area contributed by atoms with Crippen molar-refractivity contribution in [2.75, 3.05) is 12.9 Å². The van der Waals surface area contributed by atoms with Crippen LogP contribution in [0.15, 0.2) is 12.3 Å². The average Bonchev–Trinajstić information content (AvgIpc) is 1.85. The minimum absolute atomic E-state index is 0.0714. The van der Waals surface area contributed by atoms with Gasteiger partial charge in [-0.1, -0.05) is 13.5 Å². The molecule has 0 N–H and O–H groups in total. The van der Waals surface area contributed by atoms with E-state index in [0.717, 1.165) is 12.1 Å². The lowest BCUT2D eigenvalue weighted by Gasteiger charge is -2.16. The summed E-state index contributed by atoms with van der Waals surface area (Å²) < 4.78 is 20.4. The number of hydrogen-bond acceptors (Lipinski definition) is 3. The maximum atomic E-state index is 10.2. The number of rotatable bonds is 4. The fourth-order valence-corrected chi connectivity index (χ4v) is 1.09. The van der Waals surface area contributed by atoms with Crippen LogP contribution in [-0.2, 0) is 10.7 Å². The Morgan fingerprint density at radius 3 is 2.40 bits per heavy atom. The summed E-state index contributed by atoms with van der Waals surface area (Å²) in [6, 6.07) is 0. The van der Waals surface area contributed by atoms with Crippen LogP contribution in [0.4, 0.5) is 0 Å². The molecule has 0 aliphatic heterocycles. The van der Waals surface area contributed by atoms with Crippen LogP contribution >= 0.6 is 0 Å². The van der Waals surface area contributed by atoms with E-state index in [1.165, 1.54) is 0 Å². The molecular formula is C6H13NO2S. The molecule has 0 saturated heterocycles. The normalized spacial score (nSPS) is 9.90. The second-order valence-electron chi connectivity index (χ2n) is 2.09. The topological polar surface area (TPSA) is 37.4 Å². The molecule has 0 rings (SSSR count). The molecule has 0 radical (unpaired) electrons. The molecule has 0 unspecified atom stereocenters. The van der Waals surface area contributed by atoms with Crippen LogP contribution in [0.25, 0.3) is 0 Å². The van der Waals surface area contributed by atoms with Gasteiger partial charge in [0, 0.05) is 12.7 Å². The summed E-state index contributed by atoms with van der Waals surface area (Å²) in [6.45, 7) is 5.63. The van der Waals surface area contributed by atoms with E-state index in [4.69, 9.17) is 0 Å². The highest BCUT2D eigenvalue weighted by Gasteiger charge is 1.98. The minimum Gasteiger partial charge on any atom is -0.365 e. The molecule has 0 aliphatic carbocycles. The number of allylic oxidation sites excluding steroid dienone is 1. The van der Waals surface area contributed by atoms with E-state index in [-0.39, 0.29) is 5.88 Å². The molecule has 60 valence electrons. The summed E-state index contributed by atoms with van der Waals surface area (Å²) >= 11 is 0. The fourth-order valence-electron chi connectivity index (χ4n) is 0.543. The third-order valence-corrected chi connectivity index (χ3v) is 1.93. The van der Waals surface area contributed by atoms with Gasteiger partial charge in [0.25, 0.3) is 0 Å². The average molecular weight is 163 g/mol. The number of thiol groups is 1. The van der Waals surface area contributed by atoms with Gasteiger partial charge in [-0.3, -0.25) is 0 Å². The summed E-state index contributed by atoms with van der Waals surface area (Å²) in [5.41, 5.74) is 0.846. The third-order valence-electron chi connectivity index (χ3n) is 1.28. The smallest absolute Gasteiger partial charge is 0.158 e. The Bertz CT molecular complexity index is 178. The van der Waals surface area contributed by atoms with Crippen LogP contribution in [0.5, 0.6) is 0 Å². The third kappa shape index (κ3) is 3.50. The van der Waals surface area contributed by atoms with Crippen molar-refractivity contribution in [2.45, 2.75) is 13.3 Å². The zero-order chi connectivity index (χ0) is 8.15. The molecule has 0 aromatic carbocycles. The maximum Gasteiger partial charge on any atom is 0.158 e. The van der Waals surface area contributed by atoms with E-state index in [1.54, 1.807) is 11.9 Å². The Morgan fingerprint density at radius 1 is 1.60 bits per heavy atom. The van der Waals surface area contributed by atoms with Crippen molar-refractivity contribution in [3.05, 3.63) is 12.3 Å². The van der Waals surface area contributed by atoms with Gasteiger partial charge in [0.2, 0.25) is 0 Å². The minimum atomic E-state index is -2.31. The van der Waals surface area contributed by atoms with Crippen LogP contribution in [0.3, 0.4) is 0 Å². The molecule has 0 saturated carbocycles. The Hall–Kier alpha value is -0.510. The molecule has 0 amide bonds. The van der Waals surface area contributed by atoms with Gasteiger partial charge in [-0.15, -0.1) is 0 Å². The van der Waals surface area contributed by atoms with Gasteiger partial charge in [0.15, 0.2) is 10.7 Å². The van der Waals surface area contributed by atoms with Gasteiger partial charge in [-0.25, -0.2) is 8.42 Å². The summed E-state index contributed by atoms with van der Waals surface area (Å²) in [5, 5.41) is 0. The second-order valence-corrected chi connectivity index (χ2v) is 3.04. The van der Waals surface area contributed by atoms with Gasteiger partial charge >= 0.3 is 0 Å². The van der Waals surface area contributed by atoms with E-state index in [0.29, 0.717) is 0 Å². The summed E-state index contributed by atoms with van der Waals surface area (Å²) in [4.78, 5) is 1.63. The van der Waals surface area contributed by atoms with Gasteiger partial charge in [0.05, 0.1) is 0 Å². The van der Waals surface area contributed by atoms with E-state index in [9.17, 15) is 8.42 Å². The summed E-state index contributed by atoms with van der Waals surface area (Å²) in [6.07, 6.45) is 0.791. The standard InChI is InChI=1S/C6H13NO2S/c1-4-6(2)7(3)5-10(8)9/h10H,2,4-5H2,1,3H3.